The van der Waals surface area contributed by atoms with Gasteiger partial charge in [0.15, 0.2) is 0 Å². The number of fused-ring (bicyclic) bond motifs is 1. The molecular formula is C13H13F3N2OS. The molecule has 0 spiro atoms. The van der Waals surface area contributed by atoms with E-state index in [1.165, 1.54) is 0 Å². The van der Waals surface area contributed by atoms with Gasteiger partial charge in [0.05, 0.1) is 4.99 Å². The van der Waals surface area contributed by atoms with Crippen molar-refractivity contribution in [1.82, 2.24) is 0 Å². The Labute approximate surface area is 119 Å². The van der Waals surface area contributed by atoms with Crippen LogP contribution in [0.2, 0.25) is 0 Å². The fraction of sp³-hybridized carbons (Fsp3) is 0.385. The second kappa shape index (κ2) is 5.40. The molecule has 2 rings (SSSR count). The molecule has 0 bridgehead atoms. The number of nitrogens with zero attached hydrogens (tertiary/aromatic N) is 1. The van der Waals surface area contributed by atoms with Crippen molar-refractivity contribution in [3.8, 4) is 0 Å². The lowest BCUT2D eigenvalue weighted by Crippen LogP contribution is -2.47. The van der Waals surface area contributed by atoms with E-state index in [2.05, 4.69) is 12.2 Å². The summed E-state index contributed by atoms with van der Waals surface area (Å²) in [5.74, 6) is -2.33. The van der Waals surface area contributed by atoms with Crippen LogP contribution < -0.4 is 10.6 Å². The van der Waals surface area contributed by atoms with E-state index in [1.54, 1.807) is 24.3 Å². The van der Waals surface area contributed by atoms with Crippen molar-refractivity contribution in [2.24, 2.45) is 11.7 Å². The highest BCUT2D eigenvalue weighted by molar-refractivity contribution is 7.80. The third-order valence-corrected chi connectivity index (χ3v) is 3.58. The van der Waals surface area contributed by atoms with Crippen molar-refractivity contribution in [2.45, 2.75) is 19.0 Å². The van der Waals surface area contributed by atoms with E-state index < -0.39 is 23.6 Å². The Bertz CT molecular complexity index is 545. The van der Waals surface area contributed by atoms with Crippen LogP contribution in [0.25, 0.3) is 0 Å². The van der Waals surface area contributed by atoms with E-state index >= 15 is 0 Å². The second-order valence-electron chi connectivity index (χ2n) is 4.63. The van der Waals surface area contributed by atoms with Crippen molar-refractivity contribution in [2.75, 3.05) is 11.4 Å². The summed E-state index contributed by atoms with van der Waals surface area (Å²) in [6, 6.07) is 6.92. The zero-order chi connectivity index (χ0) is 14.9. The summed E-state index contributed by atoms with van der Waals surface area (Å²) >= 11 is 4.49. The fourth-order valence-corrected chi connectivity index (χ4v) is 2.44. The highest BCUT2D eigenvalue weighted by atomic mass is 32.1. The predicted molar refractivity (Wildman–Crippen MR) is 73.4 cm³/mol. The monoisotopic (exact) mass is 302 g/mol. The van der Waals surface area contributed by atoms with Crippen LogP contribution in [0.4, 0.5) is 18.9 Å². The summed E-state index contributed by atoms with van der Waals surface area (Å²) in [5, 5.41) is 0. The molecule has 2 N–H and O–H groups in total. The summed E-state index contributed by atoms with van der Waals surface area (Å²) in [6.45, 7) is -0.561. The molecule has 1 aliphatic heterocycles. The van der Waals surface area contributed by atoms with Crippen LogP contribution >= 0.6 is 12.2 Å². The lowest BCUT2D eigenvalue weighted by atomic mass is 9.99. The van der Waals surface area contributed by atoms with Crippen LogP contribution in [-0.4, -0.2) is 23.6 Å². The third kappa shape index (κ3) is 2.92. The first-order chi connectivity index (χ1) is 9.30. The van der Waals surface area contributed by atoms with Gasteiger partial charge < -0.3 is 10.6 Å². The molecule has 20 heavy (non-hydrogen) atoms. The Kier molecular flexibility index (Phi) is 3.99. The van der Waals surface area contributed by atoms with Crippen LogP contribution in [0.1, 0.15) is 12.0 Å². The number of alkyl halides is 3. The maximum absolute atomic E-state index is 12.9. The van der Waals surface area contributed by atoms with Gasteiger partial charge in [-0.25, -0.2) is 0 Å². The second-order valence-corrected chi connectivity index (χ2v) is 5.10. The normalized spacial score (nSPS) is 16.8. The van der Waals surface area contributed by atoms with E-state index in [9.17, 15) is 18.0 Å². The molecule has 1 unspecified atom stereocenters. The summed E-state index contributed by atoms with van der Waals surface area (Å²) in [7, 11) is 0. The number of halogens is 3. The topological polar surface area (TPSA) is 46.3 Å². The molecule has 0 fully saturated rings. The molecule has 0 radical (unpaired) electrons. The molecule has 0 aromatic heterocycles. The van der Waals surface area contributed by atoms with Crippen LogP contribution in [0.15, 0.2) is 24.3 Å². The minimum absolute atomic E-state index is 0.193. The smallest absolute Gasteiger partial charge is 0.393 e. The first-order valence-electron chi connectivity index (χ1n) is 6.05. The van der Waals surface area contributed by atoms with Crippen LogP contribution in [-0.2, 0) is 11.2 Å². The van der Waals surface area contributed by atoms with Crippen molar-refractivity contribution in [3.63, 3.8) is 0 Å². The summed E-state index contributed by atoms with van der Waals surface area (Å²) in [4.78, 5) is 12.4. The molecular weight excluding hydrogens is 289 g/mol. The van der Waals surface area contributed by atoms with E-state index in [0.29, 0.717) is 12.1 Å². The lowest BCUT2D eigenvalue weighted by molar-refractivity contribution is -0.153. The number of anilines is 1. The number of carbonyl (C=O) groups is 1. The van der Waals surface area contributed by atoms with E-state index in [1.807, 2.05) is 0 Å². The van der Waals surface area contributed by atoms with Gasteiger partial charge in [0.1, 0.15) is 5.92 Å². The van der Waals surface area contributed by atoms with Crippen molar-refractivity contribution < 1.29 is 18.0 Å². The first-order valence-corrected chi connectivity index (χ1v) is 6.46. The first kappa shape index (κ1) is 14.8. The minimum atomic E-state index is -4.56. The van der Waals surface area contributed by atoms with Crippen molar-refractivity contribution in [3.05, 3.63) is 29.8 Å². The number of benzene rings is 1. The van der Waals surface area contributed by atoms with Crippen LogP contribution in [0.3, 0.4) is 0 Å². The molecule has 1 aromatic rings. The molecule has 108 valence electrons. The Hall–Kier alpha value is -1.63. The minimum Gasteiger partial charge on any atom is -0.393 e. The largest absolute Gasteiger partial charge is 0.399 e. The zero-order valence-corrected chi connectivity index (χ0v) is 11.3. The van der Waals surface area contributed by atoms with Gasteiger partial charge in [0.25, 0.3) is 0 Å². The molecule has 0 saturated carbocycles. The molecule has 1 aliphatic rings. The summed E-state index contributed by atoms with van der Waals surface area (Å²) < 4.78 is 38.8. The molecule has 1 heterocycles. The van der Waals surface area contributed by atoms with Crippen LogP contribution in [0, 0.1) is 5.92 Å². The average molecular weight is 302 g/mol. The van der Waals surface area contributed by atoms with Gasteiger partial charge in [0.2, 0.25) is 5.91 Å². The SMILES string of the molecule is NC(=S)C(CN1C(=O)CCc2ccccc21)C(F)(F)F. The highest BCUT2D eigenvalue weighted by Gasteiger charge is 2.44. The van der Waals surface area contributed by atoms with Crippen LogP contribution in [0.5, 0.6) is 0 Å². The molecule has 0 saturated heterocycles. The average Bonchev–Trinajstić information content (AvgIpc) is 2.35. The Morgan fingerprint density at radius 3 is 2.60 bits per heavy atom. The lowest BCUT2D eigenvalue weighted by Gasteiger charge is -2.32. The summed E-state index contributed by atoms with van der Waals surface area (Å²) in [6.07, 6.45) is -3.83. The van der Waals surface area contributed by atoms with E-state index in [0.717, 1.165) is 10.5 Å². The maximum atomic E-state index is 12.9. The fourth-order valence-electron chi connectivity index (χ4n) is 2.23. The van der Waals surface area contributed by atoms with Gasteiger partial charge in [0, 0.05) is 18.7 Å². The number of nitrogens with two attached hydrogens (primary N) is 1. The predicted octanol–water partition coefficient (Wildman–Crippen LogP) is 2.43. The van der Waals surface area contributed by atoms with Gasteiger partial charge >= 0.3 is 6.18 Å². The van der Waals surface area contributed by atoms with Gasteiger partial charge in [-0.1, -0.05) is 30.4 Å². The molecule has 1 aromatic carbocycles. The molecule has 1 amide bonds. The van der Waals surface area contributed by atoms with Gasteiger partial charge in [-0.05, 0) is 18.1 Å². The maximum Gasteiger partial charge on any atom is 0.399 e. The molecule has 7 heteroatoms. The summed E-state index contributed by atoms with van der Waals surface area (Å²) in [5.41, 5.74) is 6.54. The molecule has 3 nitrogen and oxygen atoms in total. The van der Waals surface area contributed by atoms with Crippen molar-refractivity contribution in [1.29, 1.82) is 0 Å². The number of carbonyl (C=O) groups excluding carboxylic acids is 1. The van der Waals surface area contributed by atoms with Gasteiger partial charge in [-0.2, -0.15) is 13.2 Å². The number of amides is 1. The number of aryl methyl sites for hydroxylation is 1. The van der Waals surface area contributed by atoms with Crippen molar-refractivity contribution >= 4 is 28.8 Å². The number of hydrogen-bond donors (Lipinski definition) is 1. The zero-order valence-electron chi connectivity index (χ0n) is 10.5. The number of rotatable bonds is 3. The Morgan fingerprint density at radius 2 is 2.00 bits per heavy atom. The number of para-hydroxylation sites is 1. The molecule has 0 aliphatic carbocycles. The standard InChI is InChI=1S/C13H13F3N2OS/c14-13(15,16)9(12(17)20)7-18-10-4-2-1-3-8(10)5-6-11(18)19/h1-4,9H,5-7H2,(H2,17,20). The number of hydrogen-bond acceptors (Lipinski definition) is 2. The number of thiocarbonyl (C=S) groups is 1. The van der Waals surface area contributed by atoms with E-state index in [-0.39, 0.29) is 12.3 Å². The Balaban J connectivity index is 2.32. The Morgan fingerprint density at radius 1 is 1.35 bits per heavy atom. The van der Waals surface area contributed by atoms with Gasteiger partial charge in [-0.15, -0.1) is 0 Å². The third-order valence-electron chi connectivity index (χ3n) is 3.30. The van der Waals surface area contributed by atoms with Gasteiger partial charge in [-0.3, -0.25) is 4.79 Å². The quantitative estimate of drug-likeness (QED) is 0.872. The highest BCUT2D eigenvalue weighted by Crippen LogP contribution is 2.32. The van der Waals surface area contributed by atoms with E-state index in [4.69, 9.17) is 5.73 Å². The molecule has 1 atom stereocenters.